The number of pyridine rings is 1. The molecular weight excluding hydrogens is 483 g/mol. The zero-order valence-electron chi connectivity index (χ0n) is 20.7. The molecule has 0 saturated carbocycles. The summed E-state index contributed by atoms with van der Waals surface area (Å²) in [5.74, 6) is -0.818. The van der Waals surface area contributed by atoms with Gasteiger partial charge in [-0.1, -0.05) is 18.2 Å². The molecule has 2 N–H and O–H groups in total. The summed E-state index contributed by atoms with van der Waals surface area (Å²) >= 11 is 0. The molecule has 0 spiro atoms. The maximum atomic E-state index is 13.7. The second-order valence-corrected chi connectivity index (χ2v) is 9.54. The Balaban J connectivity index is 1.41. The van der Waals surface area contributed by atoms with Crippen molar-refractivity contribution < 1.29 is 13.9 Å². The molecule has 1 saturated heterocycles. The van der Waals surface area contributed by atoms with Gasteiger partial charge >= 0.3 is 0 Å². The van der Waals surface area contributed by atoms with E-state index in [2.05, 4.69) is 15.2 Å². The van der Waals surface area contributed by atoms with Gasteiger partial charge in [0.25, 0.3) is 5.91 Å². The monoisotopic (exact) mass is 510 g/mol. The number of carbonyl (C=O) groups excluding carboxylic acids is 1. The van der Waals surface area contributed by atoms with Gasteiger partial charge in [0.05, 0.1) is 18.7 Å². The highest BCUT2D eigenvalue weighted by atomic mass is 19.1. The molecule has 1 amide bonds. The van der Waals surface area contributed by atoms with Crippen LogP contribution >= 0.6 is 0 Å². The molecule has 5 aromatic rings. The van der Waals surface area contributed by atoms with Crippen molar-refractivity contribution in [2.45, 2.75) is 13.1 Å². The molecule has 6 rings (SSSR count). The molecule has 3 aromatic carbocycles. The molecule has 0 radical (unpaired) electrons. The van der Waals surface area contributed by atoms with E-state index in [4.69, 9.17) is 4.74 Å². The number of aromatic nitrogens is 2. The molecule has 0 bridgehead atoms. The fourth-order valence-corrected chi connectivity index (χ4v) is 4.94. The summed E-state index contributed by atoms with van der Waals surface area (Å²) < 4.78 is 20.6. The SMILES string of the molecule is O=C(NCc1ccc(F)cc1)c1cn(-c2ccc3[nH]ccc3c2)c2ccc(CN3CCOCC3)cc2c1=O. The fraction of sp³-hybridized carbons (Fsp3) is 0.200. The van der Waals surface area contributed by atoms with Crippen molar-refractivity contribution in [2.24, 2.45) is 0 Å². The van der Waals surface area contributed by atoms with E-state index in [1.807, 2.05) is 53.2 Å². The van der Waals surface area contributed by atoms with E-state index in [-0.39, 0.29) is 23.4 Å². The van der Waals surface area contributed by atoms with Crippen LogP contribution in [0.15, 0.2) is 83.9 Å². The van der Waals surface area contributed by atoms with Crippen molar-refractivity contribution >= 4 is 27.7 Å². The summed E-state index contributed by atoms with van der Waals surface area (Å²) in [5, 5.41) is 4.34. The summed E-state index contributed by atoms with van der Waals surface area (Å²) in [6.07, 6.45) is 3.49. The topological polar surface area (TPSA) is 79.4 Å². The quantitative estimate of drug-likeness (QED) is 0.356. The number of morpholine rings is 1. The van der Waals surface area contributed by atoms with Gasteiger partial charge < -0.3 is 19.6 Å². The van der Waals surface area contributed by atoms with E-state index < -0.39 is 5.91 Å². The normalized spacial score (nSPS) is 14.2. The van der Waals surface area contributed by atoms with Crippen LogP contribution in [0.2, 0.25) is 0 Å². The van der Waals surface area contributed by atoms with E-state index in [0.29, 0.717) is 25.1 Å². The lowest BCUT2D eigenvalue weighted by Gasteiger charge is -2.26. The predicted molar refractivity (Wildman–Crippen MR) is 145 cm³/mol. The largest absolute Gasteiger partial charge is 0.379 e. The van der Waals surface area contributed by atoms with Crippen LogP contribution in [0.25, 0.3) is 27.5 Å². The van der Waals surface area contributed by atoms with Crippen molar-refractivity contribution in [1.82, 2.24) is 19.8 Å². The van der Waals surface area contributed by atoms with Crippen LogP contribution in [0, 0.1) is 5.82 Å². The van der Waals surface area contributed by atoms with Crippen molar-refractivity contribution in [3.8, 4) is 5.69 Å². The number of halogens is 1. The van der Waals surface area contributed by atoms with Gasteiger partial charge in [-0.2, -0.15) is 0 Å². The first-order chi connectivity index (χ1) is 18.5. The number of rotatable bonds is 6. The van der Waals surface area contributed by atoms with Crippen LogP contribution < -0.4 is 10.7 Å². The minimum atomic E-state index is -0.476. The molecule has 3 heterocycles. The first kappa shape index (κ1) is 24.1. The zero-order valence-corrected chi connectivity index (χ0v) is 20.7. The maximum Gasteiger partial charge on any atom is 0.257 e. The molecule has 0 atom stereocenters. The highest BCUT2D eigenvalue weighted by molar-refractivity contribution is 5.98. The van der Waals surface area contributed by atoms with Crippen molar-refractivity contribution in [1.29, 1.82) is 0 Å². The Morgan fingerprint density at radius 1 is 0.974 bits per heavy atom. The van der Waals surface area contributed by atoms with E-state index in [0.717, 1.165) is 46.3 Å². The Kier molecular flexibility index (Phi) is 6.49. The fourth-order valence-electron chi connectivity index (χ4n) is 4.94. The number of ether oxygens (including phenoxy) is 1. The maximum absolute atomic E-state index is 13.7. The molecule has 38 heavy (non-hydrogen) atoms. The second kappa shape index (κ2) is 10.2. The number of aromatic amines is 1. The molecule has 0 aliphatic carbocycles. The van der Waals surface area contributed by atoms with Gasteiger partial charge in [0, 0.05) is 60.5 Å². The molecule has 0 unspecified atom stereocenters. The Bertz CT molecular complexity index is 1680. The molecular formula is C30H27FN4O3. The molecule has 2 aromatic heterocycles. The first-order valence-corrected chi connectivity index (χ1v) is 12.6. The summed E-state index contributed by atoms with van der Waals surface area (Å²) in [4.78, 5) is 32.4. The minimum Gasteiger partial charge on any atom is -0.379 e. The van der Waals surface area contributed by atoms with Crippen LogP contribution in [0.4, 0.5) is 4.39 Å². The van der Waals surface area contributed by atoms with E-state index >= 15 is 0 Å². The minimum absolute atomic E-state index is 0.0531. The number of H-pyrrole nitrogens is 1. The lowest BCUT2D eigenvalue weighted by atomic mass is 10.1. The average molecular weight is 511 g/mol. The van der Waals surface area contributed by atoms with Gasteiger partial charge in [-0.25, -0.2) is 4.39 Å². The lowest BCUT2D eigenvalue weighted by molar-refractivity contribution is 0.0342. The molecule has 192 valence electrons. The number of fused-ring (bicyclic) bond motifs is 2. The smallest absolute Gasteiger partial charge is 0.257 e. The summed E-state index contributed by atoms with van der Waals surface area (Å²) in [7, 11) is 0. The standard InChI is InChI=1S/C30H27FN4O3/c31-23-4-1-20(2-5-23)17-33-30(37)26-19-35(24-6-7-27-22(16-24)9-10-32-27)28-8-3-21(15-25(28)29(26)36)18-34-11-13-38-14-12-34/h1-10,15-16,19,32H,11-14,17-18H2,(H,33,37). The molecule has 8 heteroatoms. The lowest BCUT2D eigenvalue weighted by Crippen LogP contribution is -2.35. The third-order valence-corrected chi connectivity index (χ3v) is 7.00. The molecule has 1 aliphatic rings. The van der Waals surface area contributed by atoms with Gasteiger partial charge in [0.1, 0.15) is 11.4 Å². The summed E-state index contributed by atoms with van der Waals surface area (Å²) in [6, 6.07) is 19.8. The van der Waals surface area contributed by atoms with E-state index in [1.165, 1.54) is 12.1 Å². The Labute approximate surface area is 218 Å². The molecule has 1 fully saturated rings. The van der Waals surface area contributed by atoms with Crippen molar-refractivity contribution in [2.75, 3.05) is 26.3 Å². The highest BCUT2D eigenvalue weighted by Gasteiger charge is 2.18. The first-order valence-electron chi connectivity index (χ1n) is 12.6. The van der Waals surface area contributed by atoms with Gasteiger partial charge in [-0.3, -0.25) is 14.5 Å². The van der Waals surface area contributed by atoms with Crippen LogP contribution in [0.5, 0.6) is 0 Å². The molecule has 1 aliphatic heterocycles. The number of nitrogens with one attached hydrogen (secondary N) is 2. The summed E-state index contributed by atoms with van der Waals surface area (Å²) in [6.45, 7) is 3.95. The van der Waals surface area contributed by atoms with Gasteiger partial charge in [0.2, 0.25) is 5.43 Å². The van der Waals surface area contributed by atoms with Crippen molar-refractivity contribution in [3.63, 3.8) is 0 Å². The second-order valence-electron chi connectivity index (χ2n) is 9.54. The van der Waals surface area contributed by atoms with Gasteiger partial charge in [-0.15, -0.1) is 0 Å². The van der Waals surface area contributed by atoms with E-state index in [9.17, 15) is 14.0 Å². The summed E-state index contributed by atoms with van der Waals surface area (Å²) in [5.41, 5.74) is 4.06. The van der Waals surface area contributed by atoms with Crippen LogP contribution in [-0.4, -0.2) is 46.7 Å². The third-order valence-electron chi connectivity index (χ3n) is 7.00. The number of hydrogen-bond acceptors (Lipinski definition) is 4. The Hall–Kier alpha value is -4.27. The van der Waals surface area contributed by atoms with Gasteiger partial charge in [-0.05, 0) is 59.7 Å². The number of hydrogen-bond donors (Lipinski definition) is 2. The number of nitrogens with zero attached hydrogens (tertiary/aromatic N) is 2. The Morgan fingerprint density at radius 2 is 1.76 bits per heavy atom. The number of amides is 1. The number of carbonyl (C=O) groups is 1. The average Bonchev–Trinajstić information content (AvgIpc) is 3.42. The number of benzene rings is 3. The van der Waals surface area contributed by atoms with E-state index in [1.54, 1.807) is 18.3 Å². The van der Waals surface area contributed by atoms with Crippen molar-refractivity contribution in [3.05, 3.63) is 112 Å². The van der Waals surface area contributed by atoms with Crippen LogP contribution in [-0.2, 0) is 17.8 Å². The van der Waals surface area contributed by atoms with Crippen LogP contribution in [0.1, 0.15) is 21.5 Å². The molecule has 7 nitrogen and oxygen atoms in total. The highest BCUT2D eigenvalue weighted by Crippen LogP contribution is 2.23. The Morgan fingerprint density at radius 3 is 2.58 bits per heavy atom. The van der Waals surface area contributed by atoms with Crippen LogP contribution in [0.3, 0.4) is 0 Å². The zero-order chi connectivity index (χ0) is 26.1. The van der Waals surface area contributed by atoms with Gasteiger partial charge in [0.15, 0.2) is 0 Å². The third kappa shape index (κ3) is 4.83. The predicted octanol–water partition coefficient (Wildman–Crippen LogP) is 4.37.